The van der Waals surface area contributed by atoms with Gasteiger partial charge in [0.25, 0.3) is 0 Å². The quantitative estimate of drug-likeness (QED) is 0.231. The van der Waals surface area contributed by atoms with Crippen molar-refractivity contribution >= 4 is 50.7 Å². The number of halogens is 3. The molecular weight excluding hydrogens is 535 g/mol. The van der Waals surface area contributed by atoms with Gasteiger partial charge in [0, 0.05) is 5.33 Å². The second kappa shape index (κ2) is 11.9. The summed E-state index contributed by atoms with van der Waals surface area (Å²) >= 11 is 14.9. The van der Waals surface area contributed by atoms with Gasteiger partial charge in [-0.05, 0) is 49.2 Å². The largest absolute Gasteiger partial charge is 0.506 e. The Kier molecular flexibility index (Phi) is 9.58. The molecule has 0 spiro atoms. The van der Waals surface area contributed by atoms with Gasteiger partial charge in [-0.2, -0.15) is 0 Å². The molecule has 9 heteroatoms. The summed E-state index contributed by atoms with van der Waals surface area (Å²) in [5.74, 6) is -1.04. The van der Waals surface area contributed by atoms with Gasteiger partial charge in [0.2, 0.25) is 0 Å². The minimum atomic E-state index is -0.371. The number of hydrogen-bond acceptors (Lipinski definition) is 6. The summed E-state index contributed by atoms with van der Waals surface area (Å²) in [6.45, 7) is 3.01. The van der Waals surface area contributed by atoms with Crippen LogP contribution in [0.3, 0.4) is 0 Å². The molecule has 0 radical (unpaired) electrons. The van der Waals surface area contributed by atoms with E-state index in [0.717, 1.165) is 10.9 Å². The fourth-order valence-corrected chi connectivity index (χ4v) is 3.42. The zero-order valence-electron chi connectivity index (χ0n) is 17.7. The first-order chi connectivity index (χ1) is 15.6. The first-order valence-electron chi connectivity index (χ1n) is 9.57. The minimum Gasteiger partial charge on any atom is -0.506 e. The number of ketones is 2. The lowest BCUT2D eigenvalue weighted by Gasteiger charge is -2.11. The smallest absolute Gasteiger partial charge is 0.163 e. The summed E-state index contributed by atoms with van der Waals surface area (Å²) in [4.78, 5) is 22.1. The van der Waals surface area contributed by atoms with Gasteiger partial charge in [-0.1, -0.05) is 63.4 Å². The van der Waals surface area contributed by atoms with Crippen molar-refractivity contribution in [3.05, 3.63) is 80.8 Å². The number of aromatic hydroxyl groups is 3. The second-order valence-electron chi connectivity index (χ2n) is 6.92. The van der Waals surface area contributed by atoms with Crippen molar-refractivity contribution in [3.63, 3.8) is 0 Å². The zero-order valence-corrected chi connectivity index (χ0v) is 20.8. The normalized spacial score (nSPS) is 10.2. The maximum Gasteiger partial charge on any atom is 0.163 e. The van der Waals surface area contributed by atoms with Gasteiger partial charge < -0.3 is 20.1 Å². The molecular formula is C24H21BrCl2O6. The van der Waals surface area contributed by atoms with Crippen LogP contribution in [-0.2, 0) is 11.9 Å². The van der Waals surface area contributed by atoms with E-state index in [2.05, 4.69) is 15.9 Å². The van der Waals surface area contributed by atoms with Gasteiger partial charge >= 0.3 is 0 Å². The molecule has 3 aromatic carbocycles. The summed E-state index contributed by atoms with van der Waals surface area (Å²) < 4.78 is 5.60. The van der Waals surface area contributed by atoms with Crippen molar-refractivity contribution in [2.24, 2.45) is 0 Å². The Bertz CT molecular complexity index is 1160. The van der Waals surface area contributed by atoms with E-state index in [-0.39, 0.29) is 50.0 Å². The number of carbonyl (C=O) groups is 2. The molecule has 0 aliphatic rings. The van der Waals surface area contributed by atoms with E-state index in [1.807, 2.05) is 24.3 Å². The van der Waals surface area contributed by atoms with E-state index in [0.29, 0.717) is 12.4 Å². The Morgan fingerprint density at radius 1 is 0.788 bits per heavy atom. The summed E-state index contributed by atoms with van der Waals surface area (Å²) in [5, 5.41) is 28.8. The second-order valence-corrected chi connectivity index (χ2v) is 8.24. The van der Waals surface area contributed by atoms with Crippen LogP contribution in [0.15, 0.2) is 48.5 Å². The summed E-state index contributed by atoms with van der Waals surface area (Å²) in [6.07, 6.45) is 0. The zero-order chi connectivity index (χ0) is 24.7. The maximum atomic E-state index is 11.3. The predicted molar refractivity (Wildman–Crippen MR) is 131 cm³/mol. The topological polar surface area (TPSA) is 104 Å². The van der Waals surface area contributed by atoms with Crippen molar-refractivity contribution < 1.29 is 29.6 Å². The number of benzene rings is 3. The van der Waals surface area contributed by atoms with Gasteiger partial charge in [-0.15, -0.1) is 0 Å². The highest BCUT2D eigenvalue weighted by molar-refractivity contribution is 9.08. The SMILES string of the molecule is CC(=O)c1ccc(O)c(Cl)c1O.CC(=O)c1ccc(OCc2ccc(CBr)cc2)c(Cl)c1O. The van der Waals surface area contributed by atoms with Crippen LogP contribution in [0.5, 0.6) is 23.0 Å². The molecule has 0 heterocycles. The molecule has 0 fully saturated rings. The first-order valence-corrected chi connectivity index (χ1v) is 11.4. The molecule has 174 valence electrons. The molecule has 0 aromatic heterocycles. The van der Waals surface area contributed by atoms with Crippen LogP contribution in [0, 0.1) is 0 Å². The Labute approximate surface area is 209 Å². The van der Waals surface area contributed by atoms with E-state index in [1.165, 1.54) is 37.6 Å². The first kappa shape index (κ1) is 26.5. The number of rotatable bonds is 6. The number of carbonyl (C=O) groups excluding carboxylic acids is 2. The average Bonchev–Trinajstić information content (AvgIpc) is 2.79. The van der Waals surface area contributed by atoms with E-state index in [1.54, 1.807) is 6.07 Å². The molecule has 0 saturated carbocycles. The number of hydrogen-bond donors (Lipinski definition) is 3. The van der Waals surface area contributed by atoms with Crippen LogP contribution in [0.25, 0.3) is 0 Å². The van der Waals surface area contributed by atoms with Crippen molar-refractivity contribution in [3.8, 4) is 23.0 Å². The highest BCUT2D eigenvalue weighted by atomic mass is 79.9. The number of Topliss-reactive ketones (excluding diaryl/α,β-unsaturated/α-hetero) is 2. The lowest BCUT2D eigenvalue weighted by atomic mass is 10.1. The average molecular weight is 556 g/mol. The molecule has 3 N–H and O–H groups in total. The van der Waals surface area contributed by atoms with E-state index >= 15 is 0 Å². The Balaban J connectivity index is 0.000000273. The van der Waals surface area contributed by atoms with Crippen LogP contribution in [0.2, 0.25) is 10.0 Å². The fourth-order valence-electron chi connectivity index (χ4n) is 2.67. The van der Waals surface area contributed by atoms with Crippen LogP contribution in [0.1, 0.15) is 45.7 Å². The van der Waals surface area contributed by atoms with Crippen LogP contribution >= 0.6 is 39.1 Å². The molecule has 3 rings (SSSR count). The van der Waals surface area contributed by atoms with Gasteiger partial charge in [-0.3, -0.25) is 9.59 Å². The fraction of sp³-hybridized carbons (Fsp3) is 0.167. The molecule has 6 nitrogen and oxygen atoms in total. The summed E-state index contributed by atoms with van der Waals surface area (Å²) in [5.41, 5.74) is 2.47. The van der Waals surface area contributed by atoms with E-state index < -0.39 is 0 Å². The molecule has 0 saturated heterocycles. The van der Waals surface area contributed by atoms with Gasteiger partial charge in [-0.25, -0.2) is 0 Å². The molecule has 0 atom stereocenters. The van der Waals surface area contributed by atoms with Crippen molar-refractivity contribution in [2.75, 3.05) is 0 Å². The molecule has 0 unspecified atom stereocenters. The number of phenolic OH excluding ortho intramolecular Hbond substituents is 3. The minimum absolute atomic E-state index is 0.0554. The van der Waals surface area contributed by atoms with Crippen molar-refractivity contribution in [1.29, 1.82) is 0 Å². The Hall–Kier alpha value is -2.74. The number of ether oxygens (including phenoxy) is 1. The van der Waals surface area contributed by atoms with Crippen molar-refractivity contribution in [2.45, 2.75) is 25.8 Å². The molecule has 0 aliphatic heterocycles. The molecule has 3 aromatic rings. The van der Waals surface area contributed by atoms with Crippen LogP contribution in [-0.4, -0.2) is 26.9 Å². The van der Waals surface area contributed by atoms with Gasteiger partial charge in [0.1, 0.15) is 39.7 Å². The predicted octanol–water partition coefficient (Wildman–Crippen LogP) is 6.68. The molecule has 0 amide bonds. The Morgan fingerprint density at radius 3 is 1.79 bits per heavy atom. The van der Waals surface area contributed by atoms with Gasteiger partial charge in [0.05, 0.1) is 11.1 Å². The maximum absolute atomic E-state index is 11.3. The third kappa shape index (κ3) is 6.87. The summed E-state index contributed by atoms with van der Waals surface area (Å²) in [6, 6.07) is 13.6. The third-order valence-corrected chi connectivity index (χ3v) is 5.89. The van der Waals surface area contributed by atoms with Crippen LogP contribution in [0.4, 0.5) is 0 Å². The highest BCUT2D eigenvalue weighted by Gasteiger charge is 2.15. The van der Waals surface area contributed by atoms with E-state index in [9.17, 15) is 19.8 Å². The molecule has 33 heavy (non-hydrogen) atoms. The summed E-state index contributed by atoms with van der Waals surface area (Å²) in [7, 11) is 0. The van der Waals surface area contributed by atoms with E-state index in [4.69, 9.17) is 33.0 Å². The number of alkyl halides is 1. The number of phenols is 3. The van der Waals surface area contributed by atoms with Gasteiger partial charge in [0.15, 0.2) is 11.6 Å². The molecule has 0 bridgehead atoms. The van der Waals surface area contributed by atoms with Crippen molar-refractivity contribution in [1.82, 2.24) is 0 Å². The standard InChI is InChI=1S/C16H14BrClO3.C8H7ClO3/c1-10(19)13-6-7-14(15(18)16(13)20)21-9-12-4-2-11(8-17)3-5-12;1-4(10)5-2-3-6(11)7(9)8(5)12/h2-7,20H,8-9H2,1H3;2-3,11-12H,1H3. The van der Waals surface area contributed by atoms with Crippen LogP contribution < -0.4 is 4.74 Å². The molecule has 0 aliphatic carbocycles. The monoisotopic (exact) mass is 554 g/mol. The lowest BCUT2D eigenvalue weighted by Crippen LogP contribution is -1.99. The Morgan fingerprint density at radius 2 is 1.27 bits per heavy atom. The highest BCUT2D eigenvalue weighted by Crippen LogP contribution is 2.37. The lowest BCUT2D eigenvalue weighted by molar-refractivity contribution is 0.100. The third-order valence-electron chi connectivity index (χ3n) is 4.51.